The van der Waals surface area contributed by atoms with Crippen molar-refractivity contribution < 1.29 is 23.9 Å². The van der Waals surface area contributed by atoms with E-state index in [-0.39, 0.29) is 35.9 Å². The SMILES string of the molecule is CCc1cccc2c(/C=C3\SC(=O)N(CC(=O)N4CCOCC4)C3=O)cn(CC(=O)NC3CCCCC3)c12. The monoisotopic (exact) mass is 538 g/mol. The maximum absolute atomic E-state index is 13.2. The summed E-state index contributed by atoms with van der Waals surface area (Å²) < 4.78 is 7.23. The molecule has 2 saturated heterocycles. The molecule has 1 aliphatic carbocycles. The lowest BCUT2D eigenvalue weighted by molar-refractivity contribution is -0.139. The summed E-state index contributed by atoms with van der Waals surface area (Å²) in [4.78, 5) is 54.4. The highest BCUT2D eigenvalue weighted by Gasteiger charge is 2.37. The number of aryl methyl sites for hydroxylation is 1. The van der Waals surface area contributed by atoms with E-state index in [0.29, 0.717) is 26.3 Å². The molecular formula is C28H34N4O5S. The van der Waals surface area contributed by atoms with Crippen LogP contribution in [0.3, 0.4) is 0 Å². The molecule has 3 aliphatic rings. The number of ether oxygens (including phenoxy) is 1. The number of aromatic nitrogens is 1. The number of thioether (sulfide) groups is 1. The summed E-state index contributed by atoms with van der Waals surface area (Å²) in [5.74, 6) is -0.748. The number of amides is 4. The molecule has 10 heteroatoms. The van der Waals surface area contributed by atoms with Gasteiger partial charge in [0, 0.05) is 36.3 Å². The summed E-state index contributed by atoms with van der Waals surface area (Å²) in [7, 11) is 0. The number of benzene rings is 1. The highest BCUT2D eigenvalue weighted by Crippen LogP contribution is 2.35. The summed E-state index contributed by atoms with van der Waals surface area (Å²) in [6, 6.07) is 6.22. The highest BCUT2D eigenvalue weighted by molar-refractivity contribution is 8.18. The van der Waals surface area contributed by atoms with E-state index in [2.05, 4.69) is 12.2 Å². The summed E-state index contributed by atoms with van der Waals surface area (Å²) in [5, 5.41) is 3.66. The Morgan fingerprint density at radius 1 is 1.11 bits per heavy atom. The van der Waals surface area contributed by atoms with Gasteiger partial charge in [-0.2, -0.15) is 0 Å². The third-order valence-corrected chi connectivity index (χ3v) is 8.40. The van der Waals surface area contributed by atoms with E-state index in [4.69, 9.17) is 4.74 Å². The van der Waals surface area contributed by atoms with Crippen molar-refractivity contribution in [3.05, 3.63) is 40.4 Å². The molecule has 0 unspecified atom stereocenters. The molecule has 2 aromatic rings. The van der Waals surface area contributed by atoms with Gasteiger partial charge in [-0.1, -0.05) is 44.4 Å². The van der Waals surface area contributed by atoms with Gasteiger partial charge in [-0.3, -0.25) is 24.1 Å². The molecule has 9 nitrogen and oxygen atoms in total. The lowest BCUT2D eigenvalue weighted by Crippen LogP contribution is -2.46. The largest absolute Gasteiger partial charge is 0.378 e. The minimum absolute atomic E-state index is 0.0202. The fourth-order valence-electron chi connectivity index (χ4n) is 5.49. The molecule has 3 fully saturated rings. The van der Waals surface area contributed by atoms with Crippen molar-refractivity contribution in [3.8, 4) is 0 Å². The van der Waals surface area contributed by atoms with Gasteiger partial charge in [0.1, 0.15) is 13.1 Å². The van der Waals surface area contributed by atoms with Crippen molar-refractivity contribution in [3.63, 3.8) is 0 Å². The van der Waals surface area contributed by atoms with E-state index in [1.807, 2.05) is 29.0 Å². The van der Waals surface area contributed by atoms with Crippen LogP contribution in [-0.4, -0.2) is 76.2 Å². The quantitative estimate of drug-likeness (QED) is 0.541. The smallest absolute Gasteiger partial charge is 0.294 e. The van der Waals surface area contributed by atoms with Crippen molar-refractivity contribution in [1.29, 1.82) is 0 Å². The van der Waals surface area contributed by atoms with Crippen molar-refractivity contribution in [2.75, 3.05) is 32.8 Å². The number of imide groups is 1. The first-order chi connectivity index (χ1) is 18.4. The fourth-order valence-corrected chi connectivity index (χ4v) is 6.32. The van der Waals surface area contributed by atoms with Crippen LogP contribution in [0.4, 0.5) is 4.79 Å². The summed E-state index contributed by atoms with van der Waals surface area (Å²) in [6.07, 6.45) is 9.96. The Kier molecular flexibility index (Phi) is 8.18. The summed E-state index contributed by atoms with van der Waals surface area (Å²) >= 11 is 0.845. The Hall–Kier alpha value is -3.11. The normalized spacial score (nSPS) is 20.1. The maximum atomic E-state index is 13.2. The molecule has 202 valence electrons. The van der Waals surface area contributed by atoms with Crippen LogP contribution < -0.4 is 5.32 Å². The number of hydrogen-bond acceptors (Lipinski definition) is 6. The molecule has 1 aromatic heterocycles. The first-order valence-corrected chi connectivity index (χ1v) is 14.3. The number of morpholine rings is 1. The number of hydrogen-bond donors (Lipinski definition) is 1. The minimum atomic E-state index is -0.468. The Balaban J connectivity index is 1.37. The average molecular weight is 539 g/mol. The van der Waals surface area contributed by atoms with Gasteiger partial charge in [-0.25, -0.2) is 0 Å². The van der Waals surface area contributed by atoms with Crippen LogP contribution in [-0.2, 0) is 32.1 Å². The average Bonchev–Trinajstić information content (AvgIpc) is 3.41. The lowest BCUT2D eigenvalue weighted by Gasteiger charge is -2.28. The first kappa shape index (κ1) is 26.5. The lowest BCUT2D eigenvalue weighted by atomic mass is 9.95. The van der Waals surface area contributed by atoms with Crippen LogP contribution in [0.25, 0.3) is 17.0 Å². The van der Waals surface area contributed by atoms with Gasteiger partial charge in [0.2, 0.25) is 11.8 Å². The van der Waals surface area contributed by atoms with Crippen molar-refractivity contribution >= 4 is 51.7 Å². The van der Waals surface area contributed by atoms with Crippen molar-refractivity contribution in [1.82, 2.24) is 19.7 Å². The molecule has 1 aromatic carbocycles. The Labute approximate surface area is 226 Å². The topological polar surface area (TPSA) is 101 Å². The number of para-hydroxylation sites is 1. The molecule has 0 bridgehead atoms. The third-order valence-electron chi connectivity index (χ3n) is 7.50. The van der Waals surface area contributed by atoms with Gasteiger partial charge in [-0.15, -0.1) is 0 Å². The zero-order valence-corrected chi connectivity index (χ0v) is 22.6. The molecular weight excluding hydrogens is 504 g/mol. The minimum Gasteiger partial charge on any atom is -0.378 e. The van der Waals surface area contributed by atoms with Gasteiger partial charge in [0.15, 0.2) is 0 Å². The molecule has 5 rings (SSSR count). The molecule has 0 atom stereocenters. The zero-order chi connectivity index (χ0) is 26.6. The first-order valence-electron chi connectivity index (χ1n) is 13.5. The highest BCUT2D eigenvalue weighted by atomic mass is 32.2. The Morgan fingerprint density at radius 2 is 1.87 bits per heavy atom. The van der Waals surface area contributed by atoms with E-state index < -0.39 is 11.1 Å². The predicted molar refractivity (Wildman–Crippen MR) is 146 cm³/mol. The van der Waals surface area contributed by atoms with Crippen LogP contribution in [0, 0.1) is 0 Å². The van der Waals surface area contributed by atoms with E-state index in [0.717, 1.165) is 70.8 Å². The Bertz CT molecular complexity index is 1270. The molecule has 3 heterocycles. The Morgan fingerprint density at radius 3 is 2.61 bits per heavy atom. The third kappa shape index (κ3) is 5.66. The van der Waals surface area contributed by atoms with E-state index in [1.54, 1.807) is 11.0 Å². The fraction of sp³-hybridized carbons (Fsp3) is 0.500. The molecule has 4 amide bonds. The van der Waals surface area contributed by atoms with E-state index in [1.165, 1.54) is 6.42 Å². The molecule has 38 heavy (non-hydrogen) atoms. The number of nitrogens with zero attached hydrogens (tertiary/aromatic N) is 3. The number of nitrogens with one attached hydrogen (secondary N) is 1. The van der Waals surface area contributed by atoms with Crippen molar-refractivity contribution in [2.24, 2.45) is 0 Å². The molecule has 1 saturated carbocycles. The van der Waals surface area contributed by atoms with Crippen LogP contribution in [0.2, 0.25) is 0 Å². The maximum Gasteiger partial charge on any atom is 0.294 e. The second kappa shape index (κ2) is 11.7. The molecule has 1 N–H and O–H groups in total. The van der Waals surface area contributed by atoms with Gasteiger partial charge >= 0.3 is 0 Å². The van der Waals surface area contributed by atoms with Gasteiger partial charge in [0.05, 0.1) is 23.6 Å². The van der Waals surface area contributed by atoms with Crippen LogP contribution in [0.1, 0.15) is 50.2 Å². The van der Waals surface area contributed by atoms with Crippen LogP contribution >= 0.6 is 11.8 Å². The molecule has 0 spiro atoms. The molecule has 0 radical (unpaired) electrons. The van der Waals surface area contributed by atoms with Gasteiger partial charge in [0.25, 0.3) is 11.1 Å². The predicted octanol–water partition coefficient (Wildman–Crippen LogP) is 3.55. The van der Waals surface area contributed by atoms with E-state index in [9.17, 15) is 19.2 Å². The number of fused-ring (bicyclic) bond motifs is 1. The standard InChI is InChI=1S/C28H34N4O5S/c1-2-19-7-6-10-22-20(16-31(26(19)22)17-24(33)29-21-8-4-3-5-9-21)15-23-27(35)32(28(36)38-23)18-25(34)30-11-13-37-14-12-30/h6-7,10,15-16,21H,2-5,8-9,11-14,17-18H2,1H3,(H,29,33)/b23-15-. The second-order valence-corrected chi connectivity index (χ2v) is 11.0. The second-order valence-electron chi connectivity index (χ2n) is 10.0. The van der Waals surface area contributed by atoms with Crippen molar-refractivity contribution in [2.45, 2.75) is 58.0 Å². The number of rotatable bonds is 7. The van der Waals surface area contributed by atoms with Gasteiger partial charge in [-0.05, 0) is 42.7 Å². The summed E-state index contributed by atoms with van der Waals surface area (Å²) in [5.41, 5.74) is 2.84. The van der Waals surface area contributed by atoms with Gasteiger partial charge < -0.3 is 19.5 Å². The van der Waals surface area contributed by atoms with Crippen LogP contribution in [0.15, 0.2) is 29.3 Å². The zero-order valence-electron chi connectivity index (χ0n) is 21.7. The number of carbonyl (C=O) groups is 4. The van der Waals surface area contributed by atoms with Crippen LogP contribution in [0.5, 0.6) is 0 Å². The van der Waals surface area contributed by atoms with E-state index >= 15 is 0 Å². The molecule has 2 aliphatic heterocycles. The summed E-state index contributed by atoms with van der Waals surface area (Å²) in [6.45, 7) is 3.81. The number of carbonyl (C=O) groups excluding carboxylic acids is 4.